The van der Waals surface area contributed by atoms with Crippen molar-refractivity contribution in [2.45, 2.75) is 13.5 Å². The van der Waals surface area contributed by atoms with Gasteiger partial charge in [0.1, 0.15) is 19.0 Å². The van der Waals surface area contributed by atoms with E-state index in [0.29, 0.717) is 43.8 Å². The van der Waals surface area contributed by atoms with Crippen molar-refractivity contribution in [3.8, 4) is 17.2 Å². The minimum Gasteiger partial charge on any atom is -0.493 e. The molecule has 0 bridgehead atoms. The Balaban J connectivity index is 1.43. The normalized spacial score (nSPS) is 14.4. The molecule has 1 aliphatic heterocycles. The summed E-state index contributed by atoms with van der Waals surface area (Å²) in [6.45, 7) is 2.74. The topological polar surface area (TPSA) is 65.1 Å². The summed E-state index contributed by atoms with van der Waals surface area (Å²) >= 11 is 10.3. The third-order valence-electron chi connectivity index (χ3n) is 5.32. The lowest BCUT2D eigenvalue weighted by Gasteiger charge is -2.14. The smallest absolute Gasteiger partial charge is 0.293 e. The Morgan fingerprint density at radius 1 is 1.03 bits per heavy atom. The number of aryl methyl sites for hydroxylation is 1. The first-order chi connectivity index (χ1) is 17.3. The number of hydrogen-bond donors (Lipinski definition) is 0. The molecular weight excluding hydrogens is 566 g/mol. The highest BCUT2D eigenvalue weighted by Gasteiger charge is 2.35. The van der Waals surface area contributed by atoms with E-state index in [1.807, 2.05) is 37.3 Å². The number of rotatable bonds is 9. The number of amides is 2. The van der Waals surface area contributed by atoms with Gasteiger partial charge in [-0.2, -0.15) is 0 Å². The van der Waals surface area contributed by atoms with Gasteiger partial charge in [-0.25, -0.2) is 0 Å². The van der Waals surface area contributed by atoms with E-state index in [-0.39, 0.29) is 24.3 Å². The number of carbonyl (C=O) groups excluding carboxylic acids is 2. The molecule has 3 aromatic carbocycles. The summed E-state index contributed by atoms with van der Waals surface area (Å²) in [5.41, 5.74) is 2.91. The zero-order chi connectivity index (χ0) is 25.7. The zero-order valence-corrected chi connectivity index (χ0v) is 22.8. The van der Waals surface area contributed by atoms with Crippen LogP contribution in [0.1, 0.15) is 16.7 Å². The number of benzene rings is 3. The molecule has 3 aromatic rings. The van der Waals surface area contributed by atoms with Gasteiger partial charge in [-0.05, 0) is 88.2 Å². The molecular formula is C27H23BrClNO5S. The van der Waals surface area contributed by atoms with Gasteiger partial charge < -0.3 is 14.2 Å². The summed E-state index contributed by atoms with van der Waals surface area (Å²) in [5.74, 6) is 1.32. The summed E-state index contributed by atoms with van der Waals surface area (Å²) in [7, 11) is 1.55. The molecule has 0 N–H and O–H groups in total. The average Bonchev–Trinajstić information content (AvgIpc) is 3.12. The number of thioether (sulfide) groups is 1. The Hall–Kier alpha value is -2.94. The van der Waals surface area contributed by atoms with Crippen LogP contribution in [-0.4, -0.2) is 36.3 Å². The van der Waals surface area contributed by atoms with Gasteiger partial charge in [-0.1, -0.05) is 41.4 Å². The van der Waals surface area contributed by atoms with Crippen molar-refractivity contribution in [3.63, 3.8) is 0 Å². The quantitative estimate of drug-likeness (QED) is 0.248. The van der Waals surface area contributed by atoms with Crippen LogP contribution in [0.5, 0.6) is 17.2 Å². The SMILES string of the molecule is COc1cc(/C=C2\SC(=O)N(CCOc3ccc(Cl)cc3)C2=O)cc(Br)c1OCc1ccc(C)cc1. The van der Waals surface area contributed by atoms with Crippen LogP contribution < -0.4 is 14.2 Å². The minimum absolute atomic E-state index is 0.142. The van der Waals surface area contributed by atoms with Gasteiger partial charge in [0, 0.05) is 5.02 Å². The molecule has 1 fully saturated rings. The van der Waals surface area contributed by atoms with Gasteiger partial charge in [-0.3, -0.25) is 14.5 Å². The molecule has 6 nitrogen and oxygen atoms in total. The fourth-order valence-electron chi connectivity index (χ4n) is 3.43. The van der Waals surface area contributed by atoms with Gasteiger partial charge in [0.2, 0.25) is 0 Å². The lowest BCUT2D eigenvalue weighted by atomic mass is 10.1. The first-order valence-electron chi connectivity index (χ1n) is 11.0. The van der Waals surface area contributed by atoms with Crippen LogP contribution in [0.2, 0.25) is 5.02 Å². The Morgan fingerprint density at radius 3 is 2.44 bits per heavy atom. The number of carbonyl (C=O) groups is 2. The van der Waals surface area contributed by atoms with Crippen molar-refractivity contribution >= 4 is 56.5 Å². The van der Waals surface area contributed by atoms with Crippen molar-refractivity contribution in [2.75, 3.05) is 20.3 Å². The summed E-state index contributed by atoms with van der Waals surface area (Å²) in [6, 6.07) is 18.6. The second-order valence-electron chi connectivity index (χ2n) is 7.94. The average molecular weight is 589 g/mol. The van der Waals surface area contributed by atoms with Crippen LogP contribution in [0.25, 0.3) is 6.08 Å². The van der Waals surface area contributed by atoms with Gasteiger partial charge in [0.15, 0.2) is 11.5 Å². The fraction of sp³-hybridized carbons (Fsp3) is 0.185. The molecule has 0 aliphatic carbocycles. The molecule has 9 heteroatoms. The van der Waals surface area contributed by atoms with Crippen LogP contribution in [0.4, 0.5) is 4.79 Å². The van der Waals surface area contributed by atoms with Crippen LogP contribution >= 0.6 is 39.3 Å². The number of methoxy groups -OCH3 is 1. The third-order valence-corrected chi connectivity index (χ3v) is 7.07. The van der Waals surface area contributed by atoms with E-state index in [1.54, 1.807) is 43.5 Å². The second kappa shape index (κ2) is 11.9. The van der Waals surface area contributed by atoms with E-state index in [1.165, 1.54) is 10.5 Å². The van der Waals surface area contributed by atoms with Crippen LogP contribution in [-0.2, 0) is 11.4 Å². The number of imide groups is 1. The van der Waals surface area contributed by atoms with E-state index in [2.05, 4.69) is 15.9 Å². The molecule has 0 radical (unpaired) electrons. The maximum absolute atomic E-state index is 12.9. The van der Waals surface area contributed by atoms with E-state index in [0.717, 1.165) is 17.3 Å². The molecule has 4 rings (SSSR count). The van der Waals surface area contributed by atoms with Crippen molar-refractivity contribution in [3.05, 3.63) is 91.8 Å². The number of hydrogen-bond acceptors (Lipinski definition) is 6. The molecule has 0 atom stereocenters. The fourth-order valence-corrected chi connectivity index (χ4v) is 5.00. The van der Waals surface area contributed by atoms with Crippen molar-refractivity contribution in [2.24, 2.45) is 0 Å². The Morgan fingerprint density at radius 2 is 1.75 bits per heavy atom. The Kier molecular flexibility index (Phi) is 8.61. The Labute approximate surface area is 227 Å². The van der Waals surface area contributed by atoms with Crippen LogP contribution in [0, 0.1) is 6.92 Å². The van der Waals surface area contributed by atoms with Crippen LogP contribution in [0.15, 0.2) is 70.0 Å². The standard InChI is InChI=1S/C27H23BrClNO5S/c1-17-3-5-18(6-4-17)16-35-25-22(28)13-19(14-23(25)33-2)15-24-26(31)30(27(32)36-24)11-12-34-21-9-7-20(29)8-10-21/h3-10,13-15H,11-12,16H2,1-2H3/b24-15-. The summed E-state index contributed by atoms with van der Waals surface area (Å²) in [5, 5.41) is 0.266. The number of halogens is 2. The lowest BCUT2D eigenvalue weighted by Crippen LogP contribution is -2.32. The highest BCUT2D eigenvalue weighted by atomic mass is 79.9. The van der Waals surface area contributed by atoms with E-state index < -0.39 is 0 Å². The van der Waals surface area contributed by atoms with E-state index in [4.69, 9.17) is 25.8 Å². The highest BCUT2D eigenvalue weighted by molar-refractivity contribution is 9.10. The second-order valence-corrected chi connectivity index (χ2v) is 10.2. The van der Waals surface area contributed by atoms with E-state index in [9.17, 15) is 9.59 Å². The maximum Gasteiger partial charge on any atom is 0.293 e. The van der Waals surface area contributed by atoms with E-state index >= 15 is 0 Å². The monoisotopic (exact) mass is 587 g/mol. The molecule has 0 saturated carbocycles. The zero-order valence-electron chi connectivity index (χ0n) is 19.6. The predicted molar refractivity (Wildman–Crippen MR) is 146 cm³/mol. The van der Waals surface area contributed by atoms with Crippen molar-refractivity contribution < 1.29 is 23.8 Å². The van der Waals surface area contributed by atoms with Crippen molar-refractivity contribution in [1.29, 1.82) is 0 Å². The molecule has 186 valence electrons. The molecule has 36 heavy (non-hydrogen) atoms. The molecule has 1 aliphatic rings. The van der Waals surface area contributed by atoms with Crippen molar-refractivity contribution in [1.82, 2.24) is 4.90 Å². The van der Waals surface area contributed by atoms with Gasteiger partial charge >= 0.3 is 0 Å². The highest BCUT2D eigenvalue weighted by Crippen LogP contribution is 2.39. The van der Waals surface area contributed by atoms with Gasteiger partial charge in [0.05, 0.1) is 23.0 Å². The molecule has 2 amide bonds. The number of ether oxygens (including phenoxy) is 3. The third kappa shape index (κ3) is 6.43. The molecule has 0 aromatic heterocycles. The Bertz CT molecular complexity index is 1290. The first-order valence-corrected chi connectivity index (χ1v) is 13.0. The van der Waals surface area contributed by atoms with Gasteiger partial charge in [0.25, 0.3) is 11.1 Å². The predicted octanol–water partition coefficient (Wildman–Crippen LogP) is 7.11. The first kappa shape index (κ1) is 26.1. The summed E-state index contributed by atoms with van der Waals surface area (Å²) in [4.78, 5) is 26.8. The maximum atomic E-state index is 12.9. The lowest BCUT2D eigenvalue weighted by molar-refractivity contribution is -0.123. The summed E-state index contributed by atoms with van der Waals surface area (Å²) < 4.78 is 17.8. The van der Waals surface area contributed by atoms with Gasteiger partial charge in [-0.15, -0.1) is 0 Å². The minimum atomic E-state index is -0.362. The molecule has 0 unspecified atom stereocenters. The molecule has 1 saturated heterocycles. The largest absolute Gasteiger partial charge is 0.493 e. The molecule has 1 heterocycles. The van der Waals surface area contributed by atoms with Crippen LogP contribution in [0.3, 0.4) is 0 Å². The molecule has 0 spiro atoms. The number of nitrogens with zero attached hydrogens (tertiary/aromatic N) is 1. The summed E-state index contributed by atoms with van der Waals surface area (Å²) in [6.07, 6.45) is 1.67.